The van der Waals surface area contributed by atoms with E-state index in [1.54, 1.807) is 0 Å². The van der Waals surface area contributed by atoms with Crippen LogP contribution in [0.1, 0.15) is 37.3 Å². The van der Waals surface area contributed by atoms with E-state index >= 15 is 0 Å². The quantitative estimate of drug-likeness (QED) is 0.772. The molecule has 1 nitrogen and oxygen atoms in total. The predicted octanol–water partition coefficient (Wildman–Crippen LogP) is 4.04. The van der Waals surface area contributed by atoms with E-state index in [0.717, 1.165) is 6.54 Å². The molecule has 1 saturated heterocycles. The molecule has 0 aliphatic carbocycles. The van der Waals surface area contributed by atoms with E-state index in [1.165, 1.54) is 42.0 Å². The Morgan fingerprint density at radius 1 is 0.882 bits per heavy atom. The zero-order valence-corrected chi connectivity index (χ0v) is 10.2. The van der Waals surface area contributed by atoms with Crippen molar-refractivity contribution >= 4 is 10.8 Å². The van der Waals surface area contributed by atoms with E-state index < -0.39 is 0 Å². The molecular weight excluding hydrogens is 206 g/mol. The molecule has 1 heteroatoms. The fraction of sp³-hybridized carbons (Fsp3) is 0.375. The minimum Gasteiger partial charge on any atom is -0.310 e. The van der Waals surface area contributed by atoms with Crippen LogP contribution in [0.3, 0.4) is 0 Å². The number of nitrogens with one attached hydrogen (secondary N) is 1. The highest BCUT2D eigenvalue weighted by Crippen LogP contribution is 2.28. The van der Waals surface area contributed by atoms with Crippen molar-refractivity contribution in [3.8, 4) is 0 Å². The second-order valence-corrected chi connectivity index (χ2v) is 4.92. The van der Waals surface area contributed by atoms with Gasteiger partial charge in [0.15, 0.2) is 0 Å². The summed E-state index contributed by atoms with van der Waals surface area (Å²) < 4.78 is 0. The lowest BCUT2D eigenvalue weighted by Crippen LogP contribution is -2.20. The molecule has 0 spiro atoms. The van der Waals surface area contributed by atoms with Gasteiger partial charge in [0, 0.05) is 6.04 Å². The van der Waals surface area contributed by atoms with Gasteiger partial charge in [0.05, 0.1) is 0 Å². The molecule has 1 heterocycles. The first kappa shape index (κ1) is 10.8. The number of benzene rings is 2. The summed E-state index contributed by atoms with van der Waals surface area (Å²) in [4.78, 5) is 0. The monoisotopic (exact) mass is 225 g/mol. The number of fused-ring (bicyclic) bond motifs is 1. The van der Waals surface area contributed by atoms with E-state index in [-0.39, 0.29) is 0 Å². The van der Waals surface area contributed by atoms with E-state index in [0.29, 0.717) is 6.04 Å². The summed E-state index contributed by atoms with van der Waals surface area (Å²) >= 11 is 0. The van der Waals surface area contributed by atoms with E-state index in [1.807, 2.05) is 0 Å². The normalized spacial score (nSPS) is 21.3. The first-order valence-corrected chi connectivity index (χ1v) is 6.66. The van der Waals surface area contributed by atoms with E-state index in [2.05, 4.69) is 47.8 Å². The van der Waals surface area contributed by atoms with Crippen molar-refractivity contribution in [3.63, 3.8) is 0 Å². The van der Waals surface area contributed by atoms with Gasteiger partial charge in [0.1, 0.15) is 0 Å². The third kappa shape index (κ3) is 2.20. The van der Waals surface area contributed by atoms with Crippen molar-refractivity contribution in [1.82, 2.24) is 5.32 Å². The topological polar surface area (TPSA) is 12.0 Å². The van der Waals surface area contributed by atoms with Gasteiger partial charge in [-0.3, -0.25) is 0 Å². The second-order valence-electron chi connectivity index (χ2n) is 4.92. The van der Waals surface area contributed by atoms with Gasteiger partial charge in [-0.05, 0) is 35.7 Å². The minimum absolute atomic E-state index is 0.545. The summed E-state index contributed by atoms with van der Waals surface area (Å²) in [6, 6.07) is 15.9. The fourth-order valence-corrected chi connectivity index (χ4v) is 2.85. The second kappa shape index (κ2) is 4.89. The molecule has 1 aliphatic rings. The molecule has 1 aliphatic heterocycles. The molecule has 1 fully saturated rings. The maximum Gasteiger partial charge on any atom is 0.0326 e. The van der Waals surface area contributed by atoms with Crippen molar-refractivity contribution in [3.05, 3.63) is 48.0 Å². The highest BCUT2D eigenvalue weighted by molar-refractivity contribution is 5.86. The van der Waals surface area contributed by atoms with Crippen LogP contribution in [0.5, 0.6) is 0 Å². The molecule has 17 heavy (non-hydrogen) atoms. The SMILES string of the molecule is c1ccc2c([C@@H]3CCCCCN3)cccc2c1. The Morgan fingerprint density at radius 3 is 2.76 bits per heavy atom. The lowest BCUT2D eigenvalue weighted by atomic mass is 9.96. The van der Waals surface area contributed by atoms with E-state index in [4.69, 9.17) is 0 Å². The van der Waals surface area contributed by atoms with E-state index in [9.17, 15) is 0 Å². The van der Waals surface area contributed by atoms with Crippen molar-refractivity contribution in [2.24, 2.45) is 0 Å². The van der Waals surface area contributed by atoms with Gasteiger partial charge in [-0.1, -0.05) is 55.3 Å². The van der Waals surface area contributed by atoms with Crippen LogP contribution >= 0.6 is 0 Å². The molecule has 0 amide bonds. The largest absolute Gasteiger partial charge is 0.310 e. The maximum absolute atomic E-state index is 3.69. The Balaban J connectivity index is 2.03. The van der Waals surface area contributed by atoms with Crippen molar-refractivity contribution in [1.29, 1.82) is 0 Å². The highest BCUT2D eigenvalue weighted by atomic mass is 14.9. The molecule has 2 aromatic carbocycles. The third-order valence-electron chi connectivity index (χ3n) is 3.76. The Morgan fingerprint density at radius 2 is 1.76 bits per heavy atom. The molecule has 2 aromatic rings. The van der Waals surface area contributed by atoms with Crippen LogP contribution in [-0.2, 0) is 0 Å². The van der Waals surface area contributed by atoms with Crippen LogP contribution in [0.2, 0.25) is 0 Å². The van der Waals surface area contributed by atoms with Gasteiger partial charge in [0.25, 0.3) is 0 Å². The van der Waals surface area contributed by atoms with Gasteiger partial charge in [0.2, 0.25) is 0 Å². The maximum atomic E-state index is 3.69. The molecular formula is C16H19N. The van der Waals surface area contributed by atoms with Crippen molar-refractivity contribution in [2.45, 2.75) is 31.7 Å². The molecule has 0 radical (unpaired) electrons. The zero-order valence-electron chi connectivity index (χ0n) is 10.2. The lowest BCUT2D eigenvalue weighted by molar-refractivity contribution is 0.538. The minimum atomic E-state index is 0.545. The summed E-state index contributed by atoms with van der Waals surface area (Å²) in [5.41, 5.74) is 1.48. The summed E-state index contributed by atoms with van der Waals surface area (Å²) in [6.45, 7) is 1.16. The number of rotatable bonds is 1. The smallest absolute Gasteiger partial charge is 0.0326 e. The average Bonchev–Trinajstić information content (AvgIpc) is 2.67. The lowest BCUT2D eigenvalue weighted by Gasteiger charge is -2.18. The van der Waals surface area contributed by atoms with Crippen molar-refractivity contribution < 1.29 is 0 Å². The molecule has 88 valence electrons. The Hall–Kier alpha value is -1.34. The highest BCUT2D eigenvalue weighted by Gasteiger charge is 2.15. The predicted molar refractivity (Wildman–Crippen MR) is 73.2 cm³/mol. The molecule has 0 bridgehead atoms. The summed E-state index contributed by atoms with van der Waals surface area (Å²) in [5, 5.41) is 6.46. The number of hydrogen-bond donors (Lipinski definition) is 1. The molecule has 3 rings (SSSR count). The summed E-state index contributed by atoms with van der Waals surface area (Å²) in [6.07, 6.45) is 5.31. The van der Waals surface area contributed by atoms with Gasteiger partial charge < -0.3 is 5.32 Å². The van der Waals surface area contributed by atoms with Gasteiger partial charge in [-0.15, -0.1) is 0 Å². The van der Waals surface area contributed by atoms with Gasteiger partial charge in [-0.2, -0.15) is 0 Å². The van der Waals surface area contributed by atoms with Gasteiger partial charge in [-0.25, -0.2) is 0 Å². The van der Waals surface area contributed by atoms with Crippen LogP contribution < -0.4 is 5.32 Å². The van der Waals surface area contributed by atoms with Crippen LogP contribution in [0, 0.1) is 0 Å². The van der Waals surface area contributed by atoms with Gasteiger partial charge >= 0.3 is 0 Å². The van der Waals surface area contributed by atoms with Crippen molar-refractivity contribution in [2.75, 3.05) is 6.54 Å². The molecule has 0 aromatic heterocycles. The average molecular weight is 225 g/mol. The standard InChI is InChI=1S/C16H19N/c1-2-11-16(17-12-5-1)15-10-6-8-13-7-3-4-9-14(13)15/h3-4,6-10,16-17H,1-2,5,11-12H2/t16-/m0/s1. The zero-order chi connectivity index (χ0) is 11.5. The third-order valence-corrected chi connectivity index (χ3v) is 3.76. The first-order chi connectivity index (χ1) is 8.45. The Bertz CT molecular complexity index is 490. The Labute approximate surface area is 103 Å². The van der Waals surface area contributed by atoms with Crippen LogP contribution in [0.25, 0.3) is 10.8 Å². The van der Waals surface area contributed by atoms with Crippen LogP contribution in [0.4, 0.5) is 0 Å². The summed E-state index contributed by atoms with van der Waals surface area (Å²) in [7, 11) is 0. The Kier molecular flexibility index (Phi) is 3.10. The van der Waals surface area contributed by atoms with Crippen LogP contribution in [-0.4, -0.2) is 6.54 Å². The van der Waals surface area contributed by atoms with Crippen LogP contribution in [0.15, 0.2) is 42.5 Å². The summed E-state index contributed by atoms with van der Waals surface area (Å²) in [5.74, 6) is 0. The number of hydrogen-bond acceptors (Lipinski definition) is 1. The first-order valence-electron chi connectivity index (χ1n) is 6.66. The molecule has 1 N–H and O–H groups in total. The molecule has 0 unspecified atom stereocenters. The fourth-order valence-electron chi connectivity index (χ4n) is 2.85. The molecule has 1 atom stereocenters. The molecule has 0 saturated carbocycles.